The lowest BCUT2D eigenvalue weighted by Gasteiger charge is -2.05. The first kappa shape index (κ1) is 9.19. The maximum Gasteiger partial charge on any atom is 0.230 e. The molecule has 2 nitrogen and oxygen atoms in total. The molecule has 1 N–H and O–H groups in total. The highest BCUT2D eigenvalue weighted by atomic mass is 16.3. The van der Waals surface area contributed by atoms with Crippen molar-refractivity contribution < 1.29 is 9.90 Å². The Morgan fingerprint density at radius 1 is 1.50 bits per heavy atom. The van der Waals surface area contributed by atoms with Crippen molar-refractivity contribution in [3.8, 4) is 11.8 Å². The Bertz CT molecular complexity index is 176. The molecule has 0 spiro atoms. The molecule has 0 saturated carbocycles. The summed E-state index contributed by atoms with van der Waals surface area (Å²) in [5, 5.41) is 8.28. The molecule has 0 aliphatic heterocycles. The van der Waals surface area contributed by atoms with Crippen LogP contribution >= 0.6 is 0 Å². The standard InChI is InChI=1S/C8H12O2/c1-8(2,3)5-4-7(10)6-9/h9H,6H2,1-3H3. The smallest absolute Gasteiger partial charge is 0.230 e. The SMILES string of the molecule is CC(C)(C)C#CC(=O)CO. The Hall–Kier alpha value is -0.810. The van der Waals surface area contributed by atoms with Crippen molar-refractivity contribution >= 4 is 5.78 Å². The highest BCUT2D eigenvalue weighted by molar-refractivity contribution is 5.96. The van der Waals surface area contributed by atoms with Gasteiger partial charge in [-0.15, -0.1) is 0 Å². The van der Waals surface area contributed by atoms with Crippen molar-refractivity contribution in [3.05, 3.63) is 0 Å². The average Bonchev–Trinajstić information content (AvgIpc) is 1.81. The van der Waals surface area contributed by atoms with Crippen molar-refractivity contribution in [3.63, 3.8) is 0 Å². The summed E-state index contributed by atoms with van der Waals surface area (Å²) in [5.74, 6) is 4.62. The van der Waals surface area contributed by atoms with Crippen LogP contribution in [0.3, 0.4) is 0 Å². The van der Waals surface area contributed by atoms with Gasteiger partial charge < -0.3 is 5.11 Å². The molecule has 56 valence electrons. The van der Waals surface area contributed by atoms with Gasteiger partial charge in [-0.2, -0.15) is 0 Å². The van der Waals surface area contributed by atoms with Crippen LogP contribution in [0.1, 0.15) is 20.8 Å². The Morgan fingerprint density at radius 2 is 2.00 bits per heavy atom. The van der Waals surface area contributed by atoms with E-state index < -0.39 is 12.4 Å². The van der Waals surface area contributed by atoms with Gasteiger partial charge in [-0.3, -0.25) is 4.79 Å². The lowest BCUT2D eigenvalue weighted by atomic mass is 9.98. The lowest BCUT2D eigenvalue weighted by molar-refractivity contribution is -0.116. The predicted molar refractivity (Wildman–Crippen MR) is 39.3 cm³/mol. The molecule has 0 heterocycles. The van der Waals surface area contributed by atoms with Crippen LogP contribution in [0.2, 0.25) is 0 Å². The van der Waals surface area contributed by atoms with Gasteiger partial charge >= 0.3 is 0 Å². The molecule has 0 fully saturated rings. The minimum atomic E-state index is -0.483. The van der Waals surface area contributed by atoms with Gasteiger partial charge in [0.25, 0.3) is 0 Å². The third-order valence-corrected chi connectivity index (χ3v) is 0.721. The zero-order valence-corrected chi connectivity index (χ0v) is 6.56. The number of hydrogen-bond donors (Lipinski definition) is 1. The highest BCUT2D eigenvalue weighted by Crippen LogP contribution is 2.09. The van der Waals surface area contributed by atoms with Crippen molar-refractivity contribution in [2.24, 2.45) is 5.41 Å². The van der Waals surface area contributed by atoms with E-state index in [-0.39, 0.29) is 5.41 Å². The minimum Gasteiger partial charge on any atom is -0.387 e. The van der Waals surface area contributed by atoms with E-state index in [1.54, 1.807) is 0 Å². The number of carbonyl (C=O) groups is 1. The molecule has 0 aromatic rings. The van der Waals surface area contributed by atoms with E-state index in [1.807, 2.05) is 20.8 Å². The maximum atomic E-state index is 10.4. The van der Waals surface area contributed by atoms with Gasteiger partial charge in [-0.25, -0.2) is 0 Å². The Labute approximate surface area is 61.2 Å². The molecule has 0 saturated heterocycles. The second-order valence-corrected chi connectivity index (χ2v) is 3.08. The molecule has 2 heteroatoms. The van der Waals surface area contributed by atoms with Crippen molar-refractivity contribution in [1.29, 1.82) is 0 Å². The van der Waals surface area contributed by atoms with Crippen molar-refractivity contribution in [2.75, 3.05) is 6.61 Å². The zero-order chi connectivity index (χ0) is 8.20. The van der Waals surface area contributed by atoms with E-state index in [0.717, 1.165) is 0 Å². The number of Topliss-reactive ketones (excluding diaryl/α,β-unsaturated/α-hetero) is 1. The van der Waals surface area contributed by atoms with Gasteiger partial charge in [0, 0.05) is 5.41 Å². The summed E-state index contributed by atoms with van der Waals surface area (Å²) in [6, 6.07) is 0. The maximum absolute atomic E-state index is 10.4. The van der Waals surface area contributed by atoms with Gasteiger partial charge in [0.05, 0.1) is 0 Å². The van der Waals surface area contributed by atoms with Crippen LogP contribution < -0.4 is 0 Å². The Balaban J connectivity index is 4.05. The summed E-state index contributed by atoms with van der Waals surface area (Å²) in [7, 11) is 0. The van der Waals surface area contributed by atoms with E-state index in [1.165, 1.54) is 0 Å². The third kappa shape index (κ3) is 5.33. The van der Waals surface area contributed by atoms with Gasteiger partial charge in [0.1, 0.15) is 6.61 Å². The third-order valence-electron chi connectivity index (χ3n) is 0.721. The van der Waals surface area contributed by atoms with Crippen molar-refractivity contribution in [2.45, 2.75) is 20.8 Å². The molecule has 0 amide bonds. The van der Waals surface area contributed by atoms with E-state index in [0.29, 0.717) is 0 Å². The fourth-order valence-electron chi connectivity index (χ4n) is 0.297. The largest absolute Gasteiger partial charge is 0.387 e. The molecular weight excluding hydrogens is 128 g/mol. The molecule has 10 heavy (non-hydrogen) atoms. The molecule has 0 unspecified atom stereocenters. The number of carbonyl (C=O) groups excluding carboxylic acids is 1. The quantitative estimate of drug-likeness (QED) is 0.427. The van der Waals surface area contributed by atoms with Crippen LogP contribution in [-0.4, -0.2) is 17.5 Å². The summed E-state index contributed by atoms with van der Waals surface area (Å²) in [5.41, 5.74) is -0.162. The predicted octanol–water partition coefficient (Wildman–Crippen LogP) is 0.597. The normalized spacial score (nSPS) is 10.0. The van der Waals surface area contributed by atoms with Crippen LogP contribution in [0.15, 0.2) is 0 Å². The minimum absolute atomic E-state index is 0.162. The summed E-state index contributed by atoms with van der Waals surface area (Å²) < 4.78 is 0. The number of ketones is 1. The van der Waals surface area contributed by atoms with Gasteiger partial charge in [-0.05, 0) is 26.7 Å². The topological polar surface area (TPSA) is 37.3 Å². The van der Waals surface area contributed by atoms with Crippen LogP contribution in [0.5, 0.6) is 0 Å². The molecule has 0 aliphatic rings. The number of aliphatic hydroxyl groups is 1. The fourth-order valence-corrected chi connectivity index (χ4v) is 0.297. The molecular formula is C8H12O2. The second-order valence-electron chi connectivity index (χ2n) is 3.08. The Kier molecular flexibility index (Phi) is 3.11. The van der Waals surface area contributed by atoms with E-state index in [4.69, 9.17) is 5.11 Å². The van der Waals surface area contributed by atoms with Gasteiger partial charge in [0.15, 0.2) is 0 Å². The second kappa shape index (κ2) is 3.38. The van der Waals surface area contributed by atoms with Gasteiger partial charge in [-0.1, -0.05) is 5.92 Å². The van der Waals surface area contributed by atoms with Crippen LogP contribution in [0, 0.1) is 17.3 Å². The first-order chi connectivity index (χ1) is 4.45. The van der Waals surface area contributed by atoms with Crippen molar-refractivity contribution in [1.82, 2.24) is 0 Å². The summed E-state index contributed by atoms with van der Waals surface area (Å²) in [4.78, 5) is 10.4. The molecule has 0 atom stereocenters. The van der Waals surface area contributed by atoms with E-state index in [2.05, 4.69) is 11.8 Å². The molecule has 0 rings (SSSR count). The number of aliphatic hydroxyl groups excluding tert-OH is 1. The first-order valence-electron chi connectivity index (χ1n) is 3.12. The molecule has 0 aromatic heterocycles. The molecule has 0 bridgehead atoms. The summed E-state index contributed by atoms with van der Waals surface area (Å²) in [6.07, 6.45) is 0. The fraction of sp³-hybridized carbons (Fsp3) is 0.625. The summed E-state index contributed by atoms with van der Waals surface area (Å²) >= 11 is 0. The lowest BCUT2D eigenvalue weighted by Crippen LogP contribution is -2.04. The zero-order valence-electron chi connectivity index (χ0n) is 6.56. The van der Waals surface area contributed by atoms with E-state index >= 15 is 0 Å². The Morgan fingerprint density at radius 3 is 2.30 bits per heavy atom. The molecule has 0 aliphatic carbocycles. The molecule has 0 radical (unpaired) electrons. The van der Waals surface area contributed by atoms with Crippen LogP contribution in [0.25, 0.3) is 0 Å². The highest BCUT2D eigenvalue weighted by Gasteiger charge is 2.03. The average molecular weight is 140 g/mol. The first-order valence-corrected chi connectivity index (χ1v) is 3.12. The number of rotatable bonds is 1. The summed E-state index contributed by atoms with van der Waals surface area (Å²) in [6.45, 7) is 5.24. The van der Waals surface area contributed by atoms with Crippen LogP contribution in [0.4, 0.5) is 0 Å². The molecule has 0 aromatic carbocycles. The number of hydrogen-bond acceptors (Lipinski definition) is 2. The van der Waals surface area contributed by atoms with Gasteiger partial charge in [0.2, 0.25) is 5.78 Å². The monoisotopic (exact) mass is 140 g/mol. The van der Waals surface area contributed by atoms with Crippen LogP contribution in [-0.2, 0) is 4.79 Å². The van der Waals surface area contributed by atoms with E-state index in [9.17, 15) is 4.79 Å².